The molecule has 1 saturated carbocycles. The Bertz CT molecular complexity index is 444. The Kier molecular flexibility index (Phi) is 1.72. The van der Waals surface area contributed by atoms with Crippen molar-refractivity contribution in [3.05, 3.63) is 18.6 Å². The second kappa shape index (κ2) is 3.04. The first-order chi connectivity index (χ1) is 6.93. The molecule has 2 aromatic heterocycles. The standard InChI is InChI=1S/C10H12N4/c1-2-8(1)3-6-14-10-9(7-13-14)11-4-5-12-10/h4-5,7-8H,1-3,6H2. The van der Waals surface area contributed by atoms with Gasteiger partial charge in [0.1, 0.15) is 5.52 Å². The highest BCUT2D eigenvalue weighted by Gasteiger charge is 2.21. The minimum atomic E-state index is 0.892. The van der Waals surface area contributed by atoms with E-state index in [4.69, 9.17) is 0 Å². The molecule has 0 amide bonds. The summed E-state index contributed by atoms with van der Waals surface area (Å²) in [7, 11) is 0. The van der Waals surface area contributed by atoms with Gasteiger partial charge in [-0.2, -0.15) is 5.10 Å². The van der Waals surface area contributed by atoms with Gasteiger partial charge in [0.25, 0.3) is 0 Å². The molecule has 0 bridgehead atoms. The molecule has 0 unspecified atom stereocenters. The maximum Gasteiger partial charge on any atom is 0.176 e. The minimum absolute atomic E-state index is 0.892. The van der Waals surface area contributed by atoms with Crippen LogP contribution in [0.2, 0.25) is 0 Å². The van der Waals surface area contributed by atoms with E-state index in [1.165, 1.54) is 19.3 Å². The average Bonchev–Trinajstić information content (AvgIpc) is 2.96. The maximum absolute atomic E-state index is 4.29. The lowest BCUT2D eigenvalue weighted by molar-refractivity contribution is 0.557. The highest BCUT2D eigenvalue weighted by molar-refractivity contribution is 5.68. The van der Waals surface area contributed by atoms with Crippen molar-refractivity contribution in [3.8, 4) is 0 Å². The molecule has 14 heavy (non-hydrogen) atoms. The van der Waals surface area contributed by atoms with Crippen molar-refractivity contribution in [2.45, 2.75) is 25.8 Å². The van der Waals surface area contributed by atoms with Crippen LogP contribution in [-0.4, -0.2) is 19.7 Å². The van der Waals surface area contributed by atoms with Crippen LogP contribution in [0.25, 0.3) is 11.2 Å². The summed E-state index contributed by atoms with van der Waals surface area (Å²) in [4.78, 5) is 8.48. The molecular weight excluding hydrogens is 176 g/mol. The van der Waals surface area contributed by atoms with Gasteiger partial charge in [-0.3, -0.25) is 0 Å². The number of fused-ring (bicyclic) bond motifs is 1. The van der Waals surface area contributed by atoms with Gasteiger partial charge in [0, 0.05) is 18.9 Å². The van der Waals surface area contributed by atoms with Gasteiger partial charge in [-0.1, -0.05) is 12.8 Å². The molecule has 2 heterocycles. The van der Waals surface area contributed by atoms with Crippen molar-refractivity contribution in [1.29, 1.82) is 0 Å². The lowest BCUT2D eigenvalue weighted by Gasteiger charge is -2.00. The summed E-state index contributed by atoms with van der Waals surface area (Å²) in [5.41, 5.74) is 1.80. The predicted molar refractivity (Wildman–Crippen MR) is 52.7 cm³/mol. The van der Waals surface area contributed by atoms with Gasteiger partial charge in [0.05, 0.1) is 6.20 Å². The fraction of sp³-hybridized carbons (Fsp3) is 0.500. The SMILES string of the molecule is c1cnc2c(cnn2CCC2CC2)n1. The van der Waals surface area contributed by atoms with Crippen molar-refractivity contribution in [2.75, 3.05) is 0 Å². The van der Waals surface area contributed by atoms with Crippen LogP contribution in [0.4, 0.5) is 0 Å². The Morgan fingerprint density at radius 3 is 3.00 bits per heavy atom. The van der Waals surface area contributed by atoms with Crippen LogP contribution in [0, 0.1) is 5.92 Å². The van der Waals surface area contributed by atoms with E-state index in [0.717, 1.165) is 23.6 Å². The highest BCUT2D eigenvalue weighted by atomic mass is 15.3. The van der Waals surface area contributed by atoms with E-state index in [-0.39, 0.29) is 0 Å². The summed E-state index contributed by atoms with van der Waals surface area (Å²) in [6.07, 6.45) is 9.23. The Balaban J connectivity index is 1.87. The van der Waals surface area contributed by atoms with Gasteiger partial charge < -0.3 is 0 Å². The van der Waals surface area contributed by atoms with Crippen molar-refractivity contribution < 1.29 is 0 Å². The summed E-state index contributed by atoms with van der Waals surface area (Å²) in [5, 5.41) is 4.29. The second-order valence-electron chi connectivity index (χ2n) is 3.86. The van der Waals surface area contributed by atoms with E-state index in [9.17, 15) is 0 Å². The molecular formula is C10H12N4. The zero-order chi connectivity index (χ0) is 9.38. The van der Waals surface area contributed by atoms with E-state index >= 15 is 0 Å². The second-order valence-corrected chi connectivity index (χ2v) is 3.86. The Morgan fingerprint density at radius 2 is 2.14 bits per heavy atom. The van der Waals surface area contributed by atoms with Gasteiger partial charge >= 0.3 is 0 Å². The van der Waals surface area contributed by atoms with E-state index < -0.39 is 0 Å². The zero-order valence-corrected chi connectivity index (χ0v) is 7.93. The molecule has 2 aromatic rings. The van der Waals surface area contributed by atoms with Crippen molar-refractivity contribution in [2.24, 2.45) is 5.92 Å². The van der Waals surface area contributed by atoms with Crippen LogP contribution in [0.15, 0.2) is 18.6 Å². The Labute approximate surface area is 82.0 Å². The molecule has 0 radical (unpaired) electrons. The molecule has 72 valence electrons. The molecule has 1 aliphatic carbocycles. The third-order valence-electron chi connectivity index (χ3n) is 2.72. The molecule has 1 fully saturated rings. The summed E-state index contributed by atoms with van der Waals surface area (Å²) in [6, 6.07) is 0. The van der Waals surface area contributed by atoms with Gasteiger partial charge in [-0.05, 0) is 12.3 Å². The summed E-state index contributed by atoms with van der Waals surface area (Å²) >= 11 is 0. The monoisotopic (exact) mass is 188 g/mol. The first-order valence-electron chi connectivity index (χ1n) is 5.06. The van der Waals surface area contributed by atoms with E-state index in [2.05, 4.69) is 15.1 Å². The molecule has 1 aliphatic rings. The molecule has 0 spiro atoms. The fourth-order valence-electron chi connectivity index (χ4n) is 1.69. The lowest BCUT2D eigenvalue weighted by atomic mass is 10.3. The van der Waals surface area contributed by atoms with Crippen LogP contribution in [0.1, 0.15) is 19.3 Å². The van der Waals surface area contributed by atoms with Gasteiger partial charge in [0.15, 0.2) is 5.65 Å². The average molecular weight is 188 g/mol. The Morgan fingerprint density at radius 1 is 1.29 bits per heavy atom. The molecule has 4 nitrogen and oxygen atoms in total. The molecule has 0 aliphatic heterocycles. The lowest BCUT2D eigenvalue weighted by Crippen LogP contribution is -2.01. The van der Waals surface area contributed by atoms with Gasteiger partial charge in [-0.25, -0.2) is 14.6 Å². The minimum Gasteiger partial charge on any atom is -0.250 e. The molecule has 3 rings (SSSR count). The topological polar surface area (TPSA) is 43.6 Å². The molecule has 0 aromatic carbocycles. The van der Waals surface area contributed by atoms with Gasteiger partial charge in [-0.15, -0.1) is 0 Å². The molecule has 0 saturated heterocycles. The number of aromatic nitrogens is 4. The fourth-order valence-corrected chi connectivity index (χ4v) is 1.69. The van der Waals surface area contributed by atoms with Crippen molar-refractivity contribution in [3.63, 3.8) is 0 Å². The van der Waals surface area contributed by atoms with Crippen LogP contribution < -0.4 is 0 Å². The molecule has 0 N–H and O–H groups in total. The number of aryl methyl sites for hydroxylation is 1. The number of hydrogen-bond acceptors (Lipinski definition) is 3. The predicted octanol–water partition coefficient (Wildman–Crippen LogP) is 1.63. The first-order valence-corrected chi connectivity index (χ1v) is 5.06. The summed E-state index contributed by atoms with van der Waals surface area (Å²) in [5.74, 6) is 0.936. The van der Waals surface area contributed by atoms with Gasteiger partial charge in [0.2, 0.25) is 0 Å². The van der Waals surface area contributed by atoms with E-state index in [1.54, 1.807) is 18.6 Å². The smallest absolute Gasteiger partial charge is 0.176 e. The summed E-state index contributed by atoms with van der Waals surface area (Å²) in [6.45, 7) is 0.979. The Hall–Kier alpha value is -1.45. The third kappa shape index (κ3) is 1.36. The number of nitrogens with zero attached hydrogens (tertiary/aromatic N) is 4. The highest BCUT2D eigenvalue weighted by Crippen LogP contribution is 2.32. The van der Waals surface area contributed by atoms with Crippen LogP contribution >= 0.6 is 0 Å². The van der Waals surface area contributed by atoms with E-state index in [1.807, 2.05) is 4.68 Å². The van der Waals surface area contributed by atoms with Crippen molar-refractivity contribution in [1.82, 2.24) is 19.7 Å². The first kappa shape index (κ1) is 7.91. The third-order valence-corrected chi connectivity index (χ3v) is 2.72. The maximum atomic E-state index is 4.29. The summed E-state index contributed by atoms with van der Waals surface area (Å²) < 4.78 is 1.96. The quantitative estimate of drug-likeness (QED) is 0.735. The zero-order valence-electron chi connectivity index (χ0n) is 7.93. The number of rotatable bonds is 3. The number of hydrogen-bond donors (Lipinski definition) is 0. The van der Waals surface area contributed by atoms with Crippen LogP contribution in [-0.2, 0) is 6.54 Å². The van der Waals surface area contributed by atoms with E-state index in [0.29, 0.717) is 0 Å². The normalized spacial score (nSPS) is 16.3. The van der Waals surface area contributed by atoms with Crippen LogP contribution in [0.3, 0.4) is 0 Å². The molecule has 0 atom stereocenters. The van der Waals surface area contributed by atoms with Crippen molar-refractivity contribution >= 4 is 11.2 Å². The van der Waals surface area contributed by atoms with Crippen LogP contribution in [0.5, 0.6) is 0 Å². The molecule has 4 heteroatoms. The largest absolute Gasteiger partial charge is 0.250 e.